The monoisotopic (exact) mass is 440 g/mol. The van der Waals surface area contributed by atoms with Gasteiger partial charge in [-0.25, -0.2) is 9.07 Å². The highest BCUT2D eigenvalue weighted by molar-refractivity contribution is 5.92. The number of carbonyl (C=O) groups is 1. The van der Waals surface area contributed by atoms with E-state index in [1.807, 2.05) is 19.1 Å². The van der Waals surface area contributed by atoms with E-state index in [0.29, 0.717) is 32.0 Å². The Hall–Kier alpha value is -3.30. The van der Waals surface area contributed by atoms with Gasteiger partial charge in [0.15, 0.2) is 5.69 Å². The molecule has 3 heterocycles. The third-order valence-electron chi connectivity index (χ3n) is 5.44. The van der Waals surface area contributed by atoms with Crippen LogP contribution in [0.25, 0.3) is 5.69 Å². The Labute approximate surface area is 184 Å². The van der Waals surface area contributed by atoms with E-state index in [4.69, 9.17) is 9.15 Å². The smallest absolute Gasteiger partial charge is 0.275 e. The first-order valence-corrected chi connectivity index (χ1v) is 10.5. The molecule has 1 N–H and O–H groups in total. The Kier molecular flexibility index (Phi) is 6.48. The van der Waals surface area contributed by atoms with Crippen molar-refractivity contribution < 1.29 is 18.3 Å². The Morgan fingerprint density at radius 2 is 1.94 bits per heavy atom. The maximum Gasteiger partial charge on any atom is 0.275 e. The van der Waals surface area contributed by atoms with E-state index in [2.05, 4.69) is 15.3 Å². The van der Waals surface area contributed by atoms with Crippen molar-refractivity contribution in [3.05, 3.63) is 81.4 Å². The molecular formula is C23H25FN4O4. The van der Waals surface area contributed by atoms with E-state index in [9.17, 15) is 14.0 Å². The van der Waals surface area contributed by atoms with Crippen molar-refractivity contribution in [2.75, 3.05) is 32.8 Å². The lowest BCUT2D eigenvalue weighted by Crippen LogP contribution is -2.44. The molecule has 1 saturated heterocycles. The summed E-state index contributed by atoms with van der Waals surface area (Å²) in [7, 11) is 0. The second-order valence-corrected chi connectivity index (χ2v) is 7.68. The number of ether oxygens (including phenoxy) is 1. The second kappa shape index (κ2) is 9.46. The Morgan fingerprint density at radius 1 is 1.19 bits per heavy atom. The molecule has 168 valence electrons. The molecule has 0 spiro atoms. The number of nitrogens with one attached hydrogen (secondary N) is 1. The Bertz CT molecular complexity index is 1170. The Morgan fingerprint density at radius 3 is 2.62 bits per heavy atom. The maximum atomic E-state index is 14.3. The van der Waals surface area contributed by atoms with E-state index in [0.717, 1.165) is 11.5 Å². The van der Waals surface area contributed by atoms with Gasteiger partial charge in [0.05, 0.1) is 19.3 Å². The van der Waals surface area contributed by atoms with Gasteiger partial charge in [-0.05, 0) is 38.1 Å². The zero-order chi connectivity index (χ0) is 22.7. The normalized spacial score (nSPS) is 15.5. The van der Waals surface area contributed by atoms with Gasteiger partial charge < -0.3 is 14.5 Å². The molecule has 0 saturated carbocycles. The van der Waals surface area contributed by atoms with Gasteiger partial charge in [-0.3, -0.25) is 14.5 Å². The molecule has 3 aromatic rings. The van der Waals surface area contributed by atoms with E-state index in [-0.39, 0.29) is 24.0 Å². The van der Waals surface area contributed by atoms with Gasteiger partial charge in [0.25, 0.3) is 5.91 Å². The molecule has 0 bridgehead atoms. The number of furan rings is 1. The van der Waals surface area contributed by atoms with Gasteiger partial charge in [0.1, 0.15) is 23.0 Å². The first kappa shape index (κ1) is 21.9. The predicted octanol–water partition coefficient (Wildman–Crippen LogP) is 2.38. The van der Waals surface area contributed by atoms with Crippen molar-refractivity contribution in [2.45, 2.75) is 19.9 Å². The zero-order valence-corrected chi connectivity index (χ0v) is 18.0. The summed E-state index contributed by atoms with van der Waals surface area (Å²) in [5.41, 5.74) is -0.232. The second-order valence-electron chi connectivity index (χ2n) is 7.68. The van der Waals surface area contributed by atoms with Crippen LogP contribution in [0.15, 0.2) is 51.7 Å². The van der Waals surface area contributed by atoms with Gasteiger partial charge in [-0.15, -0.1) is 0 Å². The van der Waals surface area contributed by atoms with Crippen LogP contribution in [-0.4, -0.2) is 53.4 Å². The predicted molar refractivity (Wildman–Crippen MR) is 115 cm³/mol. The average Bonchev–Trinajstić information content (AvgIpc) is 3.21. The van der Waals surface area contributed by atoms with Gasteiger partial charge in [-0.1, -0.05) is 12.1 Å². The molecule has 0 aliphatic carbocycles. The quantitative estimate of drug-likeness (QED) is 0.633. The van der Waals surface area contributed by atoms with Crippen molar-refractivity contribution in [1.29, 1.82) is 0 Å². The summed E-state index contributed by atoms with van der Waals surface area (Å²) in [6, 6.07) is 10.9. The fourth-order valence-electron chi connectivity index (χ4n) is 3.78. The summed E-state index contributed by atoms with van der Waals surface area (Å²) in [5, 5.41) is 6.97. The van der Waals surface area contributed by atoms with Crippen molar-refractivity contribution in [3.8, 4) is 5.69 Å². The summed E-state index contributed by atoms with van der Waals surface area (Å²) in [6.45, 7) is 6.30. The van der Waals surface area contributed by atoms with E-state index >= 15 is 0 Å². The summed E-state index contributed by atoms with van der Waals surface area (Å²) in [6.07, 6.45) is 0. The number of carbonyl (C=O) groups excluding carboxylic acids is 1. The highest BCUT2D eigenvalue weighted by Crippen LogP contribution is 2.23. The average molecular weight is 440 g/mol. The lowest BCUT2D eigenvalue weighted by Gasteiger charge is -2.33. The fourth-order valence-corrected chi connectivity index (χ4v) is 3.78. The van der Waals surface area contributed by atoms with Crippen LogP contribution in [0.5, 0.6) is 0 Å². The highest BCUT2D eigenvalue weighted by atomic mass is 19.1. The third-order valence-corrected chi connectivity index (χ3v) is 5.44. The van der Waals surface area contributed by atoms with Crippen LogP contribution in [0.2, 0.25) is 0 Å². The van der Waals surface area contributed by atoms with Gasteiger partial charge in [0.2, 0.25) is 5.43 Å². The summed E-state index contributed by atoms with van der Waals surface area (Å²) >= 11 is 0. The van der Waals surface area contributed by atoms with Crippen molar-refractivity contribution in [2.24, 2.45) is 0 Å². The third kappa shape index (κ3) is 4.63. The van der Waals surface area contributed by atoms with E-state index < -0.39 is 17.2 Å². The van der Waals surface area contributed by atoms with Crippen molar-refractivity contribution >= 4 is 5.91 Å². The van der Waals surface area contributed by atoms with E-state index in [1.54, 1.807) is 19.1 Å². The minimum absolute atomic E-state index is 0.163. The molecule has 8 nitrogen and oxygen atoms in total. The molecule has 0 unspecified atom stereocenters. The SMILES string of the molecule is Cc1ccc([C@H](CNC(=O)c2nn(-c3ccccc3F)c(C)cc2=O)N2CCOCC2)o1. The first-order chi connectivity index (χ1) is 15.4. The minimum atomic E-state index is -0.623. The van der Waals surface area contributed by atoms with Crippen LogP contribution in [-0.2, 0) is 4.74 Å². The number of amides is 1. The summed E-state index contributed by atoms with van der Waals surface area (Å²) in [4.78, 5) is 27.6. The molecule has 1 amide bonds. The van der Waals surface area contributed by atoms with Crippen LogP contribution >= 0.6 is 0 Å². The van der Waals surface area contributed by atoms with Gasteiger partial charge in [-0.2, -0.15) is 5.10 Å². The number of hydrogen-bond acceptors (Lipinski definition) is 6. The molecular weight excluding hydrogens is 415 g/mol. The molecule has 1 fully saturated rings. The number of rotatable bonds is 6. The van der Waals surface area contributed by atoms with Crippen LogP contribution in [0.3, 0.4) is 0 Å². The molecule has 2 aromatic heterocycles. The molecule has 1 aliphatic heterocycles. The number of morpholine rings is 1. The van der Waals surface area contributed by atoms with E-state index in [1.165, 1.54) is 22.9 Å². The van der Waals surface area contributed by atoms with Gasteiger partial charge >= 0.3 is 0 Å². The highest BCUT2D eigenvalue weighted by Gasteiger charge is 2.26. The molecule has 1 aromatic carbocycles. The molecule has 0 radical (unpaired) electrons. The molecule has 4 rings (SSSR count). The van der Waals surface area contributed by atoms with Gasteiger partial charge in [0, 0.05) is 31.4 Å². The molecule has 9 heteroatoms. The number of benzene rings is 1. The van der Waals surface area contributed by atoms with Crippen molar-refractivity contribution in [3.63, 3.8) is 0 Å². The number of aromatic nitrogens is 2. The standard InChI is InChI=1S/C23H25FN4O4/c1-15-13-20(29)22(26-28(15)18-6-4-3-5-17(18)24)23(30)25-14-19(21-8-7-16(2)32-21)27-9-11-31-12-10-27/h3-8,13,19H,9-12,14H2,1-2H3,(H,25,30)/t19-/m0/s1. The summed E-state index contributed by atoms with van der Waals surface area (Å²) < 4.78 is 26.8. The topological polar surface area (TPSA) is 89.6 Å². The molecule has 32 heavy (non-hydrogen) atoms. The van der Waals surface area contributed by atoms with Crippen LogP contribution in [0.4, 0.5) is 4.39 Å². The largest absolute Gasteiger partial charge is 0.465 e. The first-order valence-electron chi connectivity index (χ1n) is 10.5. The zero-order valence-electron chi connectivity index (χ0n) is 18.0. The van der Waals surface area contributed by atoms with Crippen LogP contribution in [0, 0.1) is 19.7 Å². The minimum Gasteiger partial charge on any atom is -0.465 e. The fraction of sp³-hybridized carbons (Fsp3) is 0.348. The number of hydrogen-bond donors (Lipinski definition) is 1. The maximum absolute atomic E-state index is 14.3. The molecule has 1 aliphatic rings. The summed E-state index contributed by atoms with van der Waals surface area (Å²) in [5.74, 6) is 0.378. The lowest BCUT2D eigenvalue weighted by atomic mass is 10.1. The number of aryl methyl sites for hydroxylation is 2. The Balaban J connectivity index is 1.58. The number of halogens is 1. The molecule has 1 atom stereocenters. The lowest BCUT2D eigenvalue weighted by molar-refractivity contribution is 0.0116. The van der Waals surface area contributed by atoms with Crippen LogP contribution < -0.4 is 10.7 Å². The number of nitrogens with zero attached hydrogens (tertiary/aromatic N) is 3. The number of para-hydroxylation sites is 1. The van der Waals surface area contributed by atoms with Crippen LogP contribution in [0.1, 0.15) is 33.7 Å². The van der Waals surface area contributed by atoms with Crippen molar-refractivity contribution in [1.82, 2.24) is 20.0 Å².